The van der Waals surface area contributed by atoms with E-state index in [1.54, 1.807) is 24.3 Å². The fraction of sp³-hybridized carbons (Fsp3) is 0.0625. The van der Waals surface area contributed by atoms with Crippen molar-refractivity contribution in [1.82, 2.24) is 15.5 Å². The molecule has 0 saturated carbocycles. The lowest BCUT2D eigenvalue weighted by Gasteiger charge is -2.07. The average molecular weight is 358 g/mol. The Bertz CT molecular complexity index is 905. The molecule has 22 heavy (non-hydrogen) atoms. The van der Waals surface area contributed by atoms with E-state index in [0.29, 0.717) is 17.3 Å². The predicted octanol–water partition coefficient (Wildman–Crippen LogP) is 2.62. The van der Waals surface area contributed by atoms with Crippen LogP contribution in [0.15, 0.2) is 57.8 Å². The topological polar surface area (TPSA) is 74.8 Å². The van der Waals surface area contributed by atoms with Crippen molar-refractivity contribution in [3.05, 3.63) is 74.6 Å². The maximum absolute atomic E-state index is 12.3. The summed E-state index contributed by atoms with van der Waals surface area (Å²) < 4.78 is 0.951. The first-order chi connectivity index (χ1) is 10.6. The van der Waals surface area contributed by atoms with Crippen LogP contribution < -0.4 is 10.9 Å². The van der Waals surface area contributed by atoms with Crippen molar-refractivity contribution in [2.45, 2.75) is 6.54 Å². The van der Waals surface area contributed by atoms with Gasteiger partial charge in [-0.1, -0.05) is 46.3 Å². The van der Waals surface area contributed by atoms with Gasteiger partial charge in [0.15, 0.2) is 5.69 Å². The minimum atomic E-state index is -0.326. The molecule has 0 aliphatic carbocycles. The Morgan fingerprint density at radius 1 is 1.14 bits per heavy atom. The Kier molecular flexibility index (Phi) is 4.02. The number of hydrogen-bond donors (Lipinski definition) is 2. The number of aromatic nitrogens is 2. The van der Waals surface area contributed by atoms with Crippen LogP contribution in [-0.2, 0) is 6.54 Å². The molecule has 1 amide bonds. The highest BCUT2D eigenvalue weighted by Gasteiger charge is 2.13. The van der Waals surface area contributed by atoms with Crippen molar-refractivity contribution >= 4 is 32.6 Å². The lowest BCUT2D eigenvalue weighted by Crippen LogP contribution is -2.26. The minimum absolute atomic E-state index is 0.213. The van der Waals surface area contributed by atoms with Crippen LogP contribution in [0.3, 0.4) is 0 Å². The van der Waals surface area contributed by atoms with Crippen molar-refractivity contribution in [2.24, 2.45) is 0 Å². The number of carbonyl (C=O) groups excluding carboxylic acids is 1. The quantitative estimate of drug-likeness (QED) is 0.756. The Hall–Kier alpha value is -2.47. The van der Waals surface area contributed by atoms with Crippen LogP contribution in [0.1, 0.15) is 16.1 Å². The fourth-order valence-electron chi connectivity index (χ4n) is 2.20. The first-order valence-corrected chi connectivity index (χ1v) is 7.44. The number of rotatable bonds is 3. The van der Waals surface area contributed by atoms with Gasteiger partial charge < -0.3 is 5.32 Å². The largest absolute Gasteiger partial charge is 0.347 e. The third-order valence-electron chi connectivity index (χ3n) is 3.25. The molecule has 6 heteroatoms. The van der Waals surface area contributed by atoms with E-state index in [2.05, 4.69) is 31.4 Å². The Morgan fingerprint density at radius 3 is 2.68 bits per heavy atom. The number of halogens is 1. The molecule has 0 radical (unpaired) electrons. The smallest absolute Gasteiger partial charge is 0.272 e. The van der Waals surface area contributed by atoms with E-state index in [4.69, 9.17) is 0 Å². The van der Waals surface area contributed by atoms with Crippen molar-refractivity contribution < 1.29 is 4.79 Å². The summed E-state index contributed by atoms with van der Waals surface area (Å²) in [6, 6.07) is 14.6. The summed E-state index contributed by atoms with van der Waals surface area (Å²) in [5, 5.41) is 10.0. The number of amides is 1. The number of hydrogen-bond acceptors (Lipinski definition) is 3. The van der Waals surface area contributed by atoms with Gasteiger partial charge >= 0.3 is 0 Å². The second kappa shape index (κ2) is 6.11. The second-order valence-electron chi connectivity index (χ2n) is 4.76. The number of carbonyl (C=O) groups is 1. The molecule has 0 aliphatic heterocycles. The third kappa shape index (κ3) is 2.92. The van der Waals surface area contributed by atoms with E-state index in [0.717, 1.165) is 10.0 Å². The molecule has 0 bridgehead atoms. The summed E-state index contributed by atoms with van der Waals surface area (Å²) >= 11 is 3.39. The molecule has 0 atom stereocenters. The Labute approximate surface area is 134 Å². The maximum atomic E-state index is 12.3. The summed E-state index contributed by atoms with van der Waals surface area (Å²) in [5.74, 6) is -0.326. The zero-order chi connectivity index (χ0) is 15.5. The molecule has 3 aromatic rings. The normalized spacial score (nSPS) is 10.6. The van der Waals surface area contributed by atoms with Gasteiger partial charge in [-0.25, -0.2) is 5.10 Å². The zero-order valence-corrected chi connectivity index (χ0v) is 13.1. The van der Waals surface area contributed by atoms with Crippen LogP contribution in [0.25, 0.3) is 10.8 Å². The molecule has 0 aliphatic rings. The minimum Gasteiger partial charge on any atom is -0.347 e. The summed E-state index contributed by atoms with van der Waals surface area (Å²) in [4.78, 5) is 24.0. The number of benzene rings is 2. The van der Waals surface area contributed by atoms with Crippen LogP contribution >= 0.6 is 15.9 Å². The van der Waals surface area contributed by atoms with Crippen LogP contribution in [0.2, 0.25) is 0 Å². The molecular weight excluding hydrogens is 346 g/mol. The fourth-order valence-corrected chi connectivity index (χ4v) is 2.65. The first-order valence-electron chi connectivity index (χ1n) is 6.65. The first kappa shape index (κ1) is 14.5. The molecule has 0 spiro atoms. The molecule has 0 saturated heterocycles. The van der Waals surface area contributed by atoms with Gasteiger partial charge in [0, 0.05) is 16.4 Å². The lowest BCUT2D eigenvalue weighted by molar-refractivity contribution is 0.0946. The van der Waals surface area contributed by atoms with E-state index < -0.39 is 0 Å². The van der Waals surface area contributed by atoms with E-state index >= 15 is 0 Å². The SMILES string of the molecule is O=C(NCc1cccc(Br)c1)c1n[nH]c(=O)c2ccccc12. The second-order valence-corrected chi connectivity index (χ2v) is 5.68. The van der Waals surface area contributed by atoms with Crippen LogP contribution in [-0.4, -0.2) is 16.1 Å². The molecule has 1 heterocycles. The Morgan fingerprint density at radius 2 is 1.91 bits per heavy atom. The number of nitrogens with one attached hydrogen (secondary N) is 2. The summed E-state index contributed by atoms with van der Waals surface area (Å²) in [6.07, 6.45) is 0. The monoisotopic (exact) mass is 357 g/mol. The molecule has 0 fully saturated rings. The van der Waals surface area contributed by atoms with Gasteiger partial charge in [-0.15, -0.1) is 0 Å². The number of fused-ring (bicyclic) bond motifs is 1. The van der Waals surface area contributed by atoms with Crippen LogP contribution in [0, 0.1) is 0 Å². The van der Waals surface area contributed by atoms with Crippen molar-refractivity contribution in [3.63, 3.8) is 0 Å². The van der Waals surface area contributed by atoms with Gasteiger partial charge in [0.2, 0.25) is 0 Å². The summed E-state index contributed by atoms with van der Waals surface area (Å²) in [7, 11) is 0. The molecule has 2 N–H and O–H groups in total. The van der Waals surface area contributed by atoms with Crippen LogP contribution in [0.5, 0.6) is 0 Å². The maximum Gasteiger partial charge on any atom is 0.272 e. The lowest BCUT2D eigenvalue weighted by atomic mass is 10.1. The van der Waals surface area contributed by atoms with E-state index in [9.17, 15) is 9.59 Å². The van der Waals surface area contributed by atoms with Gasteiger partial charge in [-0.2, -0.15) is 5.10 Å². The molecule has 3 rings (SSSR count). The molecule has 110 valence electrons. The van der Waals surface area contributed by atoms with Gasteiger partial charge in [0.1, 0.15) is 0 Å². The predicted molar refractivity (Wildman–Crippen MR) is 87.7 cm³/mol. The number of nitrogens with zero attached hydrogens (tertiary/aromatic N) is 1. The summed E-state index contributed by atoms with van der Waals surface area (Å²) in [6.45, 7) is 0.382. The van der Waals surface area contributed by atoms with Crippen molar-refractivity contribution in [3.8, 4) is 0 Å². The molecule has 2 aromatic carbocycles. The highest BCUT2D eigenvalue weighted by Crippen LogP contribution is 2.13. The highest BCUT2D eigenvalue weighted by molar-refractivity contribution is 9.10. The van der Waals surface area contributed by atoms with Crippen molar-refractivity contribution in [2.75, 3.05) is 0 Å². The third-order valence-corrected chi connectivity index (χ3v) is 3.75. The van der Waals surface area contributed by atoms with Crippen LogP contribution in [0.4, 0.5) is 0 Å². The van der Waals surface area contributed by atoms with Gasteiger partial charge in [0.05, 0.1) is 5.39 Å². The molecule has 0 unspecified atom stereocenters. The van der Waals surface area contributed by atoms with E-state index in [-0.39, 0.29) is 17.2 Å². The van der Waals surface area contributed by atoms with E-state index in [1.165, 1.54) is 0 Å². The number of H-pyrrole nitrogens is 1. The molecular formula is C16H12BrN3O2. The summed E-state index contributed by atoms with van der Waals surface area (Å²) in [5.41, 5.74) is 0.876. The number of aromatic amines is 1. The van der Waals surface area contributed by atoms with Gasteiger partial charge in [-0.3, -0.25) is 9.59 Å². The molecule has 5 nitrogen and oxygen atoms in total. The standard InChI is InChI=1S/C16H12BrN3O2/c17-11-5-3-4-10(8-11)9-18-16(22)14-12-6-1-2-7-13(12)15(21)20-19-14/h1-8H,9H2,(H,18,22)(H,20,21). The average Bonchev–Trinajstić information content (AvgIpc) is 2.53. The Balaban J connectivity index is 1.87. The van der Waals surface area contributed by atoms with Gasteiger partial charge in [0.25, 0.3) is 11.5 Å². The van der Waals surface area contributed by atoms with Gasteiger partial charge in [-0.05, 0) is 23.8 Å². The highest BCUT2D eigenvalue weighted by atomic mass is 79.9. The zero-order valence-electron chi connectivity index (χ0n) is 11.5. The van der Waals surface area contributed by atoms with E-state index in [1.807, 2.05) is 24.3 Å². The van der Waals surface area contributed by atoms with Crippen molar-refractivity contribution in [1.29, 1.82) is 0 Å². The molecule has 1 aromatic heterocycles.